The molecule has 2 heterocycles. The predicted molar refractivity (Wildman–Crippen MR) is 110 cm³/mol. The van der Waals surface area contributed by atoms with Crippen LogP contribution in [-0.2, 0) is 4.79 Å². The van der Waals surface area contributed by atoms with Gasteiger partial charge in [-0.25, -0.2) is 0 Å². The number of hydrogen-bond acceptors (Lipinski definition) is 4. The molecule has 2 amide bonds. The number of rotatable bonds is 3. The predicted octanol–water partition coefficient (Wildman–Crippen LogP) is 2.38. The molecule has 0 unspecified atom stereocenters. The lowest BCUT2D eigenvalue weighted by Crippen LogP contribution is -2.40. The molecule has 0 spiro atoms. The second-order valence-electron chi connectivity index (χ2n) is 6.74. The van der Waals surface area contributed by atoms with E-state index in [9.17, 15) is 9.59 Å². The first-order valence-electron chi connectivity index (χ1n) is 8.67. The zero-order valence-electron chi connectivity index (χ0n) is 15.3. The monoisotopic (exact) mass is 402 g/mol. The fourth-order valence-electron chi connectivity index (χ4n) is 3.52. The van der Waals surface area contributed by atoms with Crippen LogP contribution in [0.3, 0.4) is 0 Å². The summed E-state index contributed by atoms with van der Waals surface area (Å²) in [6, 6.07) is 5.62. The summed E-state index contributed by atoms with van der Waals surface area (Å²) in [5.41, 5.74) is 2.34. The number of carbonyl (C=O) groups excluding carboxylic acids is 2. The number of amides is 2. The molecule has 1 aromatic carbocycles. The van der Waals surface area contributed by atoms with Gasteiger partial charge in [0, 0.05) is 38.7 Å². The summed E-state index contributed by atoms with van der Waals surface area (Å²) in [4.78, 5) is 28.6. The Bertz CT molecular complexity index is 634. The van der Waals surface area contributed by atoms with Crippen LogP contribution in [0.15, 0.2) is 18.2 Å². The van der Waals surface area contributed by atoms with E-state index in [2.05, 4.69) is 10.6 Å². The van der Waals surface area contributed by atoms with Gasteiger partial charge in [0.25, 0.3) is 5.91 Å². The third-order valence-corrected chi connectivity index (χ3v) is 5.00. The van der Waals surface area contributed by atoms with Crippen molar-refractivity contribution in [3.63, 3.8) is 0 Å². The van der Waals surface area contributed by atoms with Crippen LogP contribution in [0.5, 0.6) is 0 Å². The molecule has 6 nitrogen and oxygen atoms in total. The Hall–Kier alpha value is -1.50. The molecule has 0 bridgehead atoms. The maximum Gasteiger partial charge on any atom is 0.253 e. The van der Waals surface area contributed by atoms with Crippen molar-refractivity contribution in [3.8, 4) is 0 Å². The number of nitrogens with one attached hydrogen (secondary N) is 2. The van der Waals surface area contributed by atoms with Crippen molar-refractivity contribution < 1.29 is 9.59 Å². The average molecular weight is 403 g/mol. The first kappa shape index (κ1) is 22.5. The average Bonchev–Trinajstić information content (AvgIpc) is 2.73. The van der Waals surface area contributed by atoms with Crippen LogP contribution in [0, 0.1) is 5.92 Å². The zero-order valence-corrected chi connectivity index (χ0v) is 16.9. The summed E-state index contributed by atoms with van der Waals surface area (Å²) in [6.45, 7) is 3.30. The van der Waals surface area contributed by atoms with Gasteiger partial charge in [-0.15, -0.1) is 24.8 Å². The molecule has 3 rings (SSSR count). The van der Waals surface area contributed by atoms with Crippen LogP contribution in [0.2, 0.25) is 0 Å². The van der Waals surface area contributed by atoms with Crippen LogP contribution in [0.25, 0.3) is 0 Å². The normalized spacial score (nSPS) is 17.4. The van der Waals surface area contributed by atoms with Crippen LogP contribution in [0.4, 0.5) is 11.4 Å². The van der Waals surface area contributed by atoms with E-state index >= 15 is 0 Å². The van der Waals surface area contributed by atoms with Gasteiger partial charge in [-0.3, -0.25) is 9.59 Å². The maximum atomic E-state index is 12.8. The molecule has 2 aliphatic rings. The smallest absolute Gasteiger partial charge is 0.253 e. The van der Waals surface area contributed by atoms with Gasteiger partial charge >= 0.3 is 0 Å². The largest absolute Gasteiger partial charge is 0.372 e. The van der Waals surface area contributed by atoms with Crippen molar-refractivity contribution in [2.45, 2.75) is 19.3 Å². The molecule has 1 fully saturated rings. The van der Waals surface area contributed by atoms with Gasteiger partial charge < -0.3 is 20.4 Å². The standard InChI is InChI=1S/C18H26N4O2.2ClH/c1-19-12-13-5-9-22(10-6-13)18(24)14-3-4-16-15(11-14)20-17(23)7-8-21(16)2;;/h3-4,11,13,19H,5-10,12H2,1-2H3,(H,20,23);2*1H. The topological polar surface area (TPSA) is 64.7 Å². The minimum Gasteiger partial charge on any atom is -0.372 e. The van der Waals surface area contributed by atoms with E-state index in [4.69, 9.17) is 0 Å². The highest BCUT2D eigenvalue weighted by atomic mass is 35.5. The number of carbonyl (C=O) groups is 2. The van der Waals surface area contributed by atoms with E-state index in [1.54, 1.807) is 0 Å². The van der Waals surface area contributed by atoms with E-state index in [1.165, 1.54) is 0 Å². The van der Waals surface area contributed by atoms with Crippen molar-refractivity contribution in [2.24, 2.45) is 5.92 Å². The maximum absolute atomic E-state index is 12.8. The number of fused-ring (bicyclic) bond motifs is 1. The first-order valence-corrected chi connectivity index (χ1v) is 8.67. The van der Waals surface area contributed by atoms with Crippen LogP contribution >= 0.6 is 24.8 Å². The van der Waals surface area contributed by atoms with Gasteiger partial charge in [0.2, 0.25) is 5.91 Å². The summed E-state index contributed by atoms with van der Waals surface area (Å²) >= 11 is 0. The summed E-state index contributed by atoms with van der Waals surface area (Å²) in [7, 11) is 3.94. The molecule has 1 aromatic rings. The van der Waals surface area contributed by atoms with Crippen molar-refractivity contribution in [3.05, 3.63) is 23.8 Å². The molecule has 2 aliphatic heterocycles. The summed E-state index contributed by atoms with van der Waals surface area (Å²) in [5.74, 6) is 0.707. The zero-order chi connectivity index (χ0) is 17.1. The highest BCUT2D eigenvalue weighted by molar-refractivity contribution is 6.00. The van der Waals surface area contributed by atoms with E-state index in [-0.39, 0.29) is 36.6 Å². The quantitative estimate of drug-likeness (QED) is 0.814. The lowest BCUT2D eigenvalue weighted by atomic mass is 9.96. The van der Waals surface area contributed by atoms with Gasteiger partial charge in [-0.1, -0.05) is 0 Å². The Morgan fingerprint density at radius 1 is 1.23 bits per heavy atom. The van der Waals surface area contributed by atoms with Crippen molar-refractivity contribution in [1.82, 2.24) is 10.2 Å². The fourth-order valence-corrected chi connectivity index (χ4v) is 3.52. The van der Waals surface area contributed by atoms with Gasteiger partial charge in [0.15, 0.2) is 0 Å². The van der Waals surface area contributed by atoms with Gasteiger partial charge in [0.05, 0.1) is 11.4 Å². The van der Waals surface area contributed by atoms with Crippen molar-refractivity contribution >= 4 is 48.0 Å². The summed E-state index contributed by atoms with van der Waals surface area (Å²) in [6.07, 6.45) is 2.54. The number of benzene rings is 1. The second-order valence-corrected chi connectivity index (χ2v) is 6.74. The molecule has 146 valence electrons. The number of anilines is 2. The SMILES string of the molecule is CNCC1CCN(C(=O)c2ccc3c(c2)NC(=O)CCN3C)CC1.Cl.Cl. The molecule has 0 atom stereocenters. The van der Waals surface area contributed by atoms with E-state index < -0.39 is 0 Å². The number of likely N-dealkylation sites (tertiary alicyclic amines) is 1. The lowest BCUT2D eigenvalue weighted by molar-refractivity contribution is -0.115. The Morgan fingerprint density at radius 2 is 1.92 bits per heavy atom. The molecule has 0 aliphatic carbocycles. The molecule has 2 N–H and O–H groups in total. The van der Waals surface area contributed by atoms with E-state index in [0.717, 1.165) is 43.9 Å². The second kappa shape index (κ2) is 10.00. The highest BCUT2D eigenvalue weighted by Gasteiger charge is 2.25. The van der Waals surface area contributed by atoms with Crippen molar-refractivity contribution in [1.29, 1.82) is 0 Å². The number of piperidine rings is 1. The van der Waals surface area contributed by atoms with E-state index in [1.807, 2.05) is 42.1 Å². The van der Waals surface area contributed by atoms with Gasteiger partial charge in [-0.2, -0.15) is 0 Å². The number of nitrogens with zero attached hydrogens (tertiary/aromatic N) is 2. The molecule has 26 heavy (non-hydrogen) atoms. The third kappa shape index (κ3) is 5.02. The third-order valence-electron chi connectivity index (χ3n) is 5.00. The minimum atomic E-state index is -0.00178. The van der Waals surface area contributed by atoms with Crippen LogP contribution in [-0.4, -0.2) is 57.0 Å². The number of hydrogen-bond donors (Lipinski definition) is 2. The molecule has 0 saturated carbocycles. The summed E-state index contributed by atoms with van der Waals surface area (Å²) in [5, 5.41) is 6.13. The minimum absolute atomic E-state index is 0. The Morgan fingerprint density at radius 3 is 2.58 bits per heavy atom. The fraction of sp³-hybridized carbons (Fsp3) is 0.556. The first-order chi connectivity index (χ1) is 11.6. The van der Waals surface area contributed by atoms with Crippen LogP contribution in [0.1, 0.15) is 29.6 Å². The Labute approximate surface area is 167 Å². The molecular weight excluding hydrogens is 375 g/mol. The molecular formula is C18H28Cl2N4O2. The highest BCUT2D eigenvalue weighted by Crippen LogP contribution is 2.29. The lowest BCUT2D eigenvalue weighted by Gasteiger charge is -2.32. The Balaban J connectivity index is 0.00000169. The van der Waals surface area contributed by atoms with Gasteiger partial charge in [-0.05, 0) is 50.6 Å². The van der Waals surface area contributed by atoms with Crippen molar-refractivity contribution in [2.75, 3.05) is 50.5 Å². The molecule has 0 aromatic heterocycles. The molecule has 8 heteroatoms. The molecule has 1 saturated heterocycles. The molecule has 0 radical (unpaired) electrons. The Kier molecular flexibility index (Phi) is 8.67. The van der Waals surface area contributed by atoms with E-state index in [0.29, 0.717) is 24.4 Å². The summed E-state index contributed by atoms with van der Waals surface area (Å²) < 4.78 is 0. The van der Waals surface area contributed by atoms with Gasteiger partial charge in [0.1, 0.15) is 0 Å². The van der Waals surface area contributed by atoms with Crippen LogP contribution < -0.4 is 15.5 Å². The number of halogens is 2.